The molecule has 1 amide bonds. The molecule has 1 aromatic carbocycles. The number of nitrogens with two attached hydrogens (primary N) is 1. The van der Waals surface area contributed by atoms with Gasteiger partial charge >= 0.3 is 0 Å². The van der Waals surface area contributed by atoms with E-state index in [9.17, 15) is 9.18 Å². The Hall–Kier alpha value is -1.13. The first-order chi connectivity index (χ1) is 9.06. The van der Waals surface area contributed by atoms with Gasteiger partial charge in [-0.2, -0.15) is 0 Å². The molecule has 0 aromatic heterocycles. The Labute approximate surface area is 117 Å². The van der Waals surface area contributed by atoms with Crippen LogP contribution in [0.3, 0.4) is 0 Å². The van der Waals surface area contributed by atoms with Crippen LogP contribution in [0.4, 0.5) is 4.39 Å². The van der Waals surface area contributed by atoms with Crippen molar-refractivity contribution in [2.24, 2.45) is 11.7 Å². The second-order valence-corrected chi connectivity index (χ2v) is 5.41. The molecule has 5 heteroatoms. The molecule has 3 nitrogen and oxygen atoms in total. The Balaban J connectivity index is 2.24. The number of halogens is 2. The molecule has 19 heavy (non-hydrogen) atoms. The Morgan fingerprint density at radius 2 is 2.26 bits per heavy atom. The van der Waals surface area contributed by atoms with Gasteiger partial charge in [-0.15, -0.1) is 0 Å². The number of amides is 1. The first-order valence-corrected chi connectivity index (χ1v) is 6.85. The van der Waals surface area contributed by atoms with Crippen LogP contribution in [0.1, 0.15) is 29.6 Å². The molecule has 1 aromatic rings. The number of rotatable bonds is 3. The molecule has 2 rings (SSSR count). The van der Waals surface area contributed by atoms with Gasteiger partial charge in [0.25, 0.3) is 5.91 Å². The smallest absolute Gasteiger partial charge is 0.258 e. The van der Waals surface area contributed by atoms with Crippen LogP contribution in [-0.4, -0.2) is 30.4 Å². The van der Waals surface area contributed by atoms with E-state index >= 15 is 0 Å². The summed E-state index contributed by atoms with van der Waals surface area (Å²) < 4.78 is 13.8. The van der Waals surface area contributed by atoms with Gasteiger partial charge in [0.1, 0.15) is 5.82 Å². The minimum absolute atomic E-state index is 0.0469. The van der Waals surface area contributed by atoms with Crippen molar-refractivity contribution >= 4 is 17.5 Å². The van der Waals surface area contributed by atoms with E-state index in [4.69, 9.17) is 17.3 Å². The number of nitrogens with zero attached hydrogens (tertiary/aromatic N) is 1. The lowest BCUT2D eigenvalue weighted by Crippen LogP contribution is -2.41. The van der Waals surface area contributed by atoms with Crippen molar-refractivity contribution in [3.63, 3.8) is 0 Å². The quantitative estimate of drug-likeness (QED) is 0.927. The van der Waals surface area contributed by atoms with Gasteiger partial charge in [0.15, 0.2) is 0 Å². The molecule has 0 saturated heterocycles. The maximum absolute atomic E-state index is 13.8. The van der Waals surface area contributed by atoms with Gasteiger partial charge in [-0.1, -0.05) is 24.1 Å². The van der Waals surface area contributed by atoms with Crippen LogP contribution in [-0.2, 0) is 0 Å². The fourth-order valence-electron chi connectivity index (χ4n) is 2.83. The van der Waals surface area contributed by atoms with Crippen LogP contribution in [0.15, 0.2) is 18.2 Å². The first-order valence-electron chi connectivity index (χ1n) is 6.47. The second kappa shape index (κ2) is 5.88. The maximum atomic E-state index is 13.8. The third-order valence-corrected chi connectivity index (χ3v) is 4.23. The summed E-state index contributed by atoms with van der Waals surface area (Å²) in [4.78, 5) is 14.0. The topological polar surface area (TPSA) is 46.3 Å². The average molecular weight is 285 g/mol. The molecule has 1 saturated carbocycles. The number of carbonyl (C=O) groups excluding carboxylic acids is 1. The van der Waals surface area contributed by atoms with Crippen molar-refractivity contribution in [3.8, 4) is 0 Å². The number of hydrogen-bond acceptors (Lipinski definition) is 2. The molecule has 0 spiro atoms. The SMILES string of the molecule is CN(C(=O)c1c(F)cccc1Cl)C1CCCC1CN. The van der Waals surface area contributed by atoms with E-state index in [-0.39, 0.29) is 22.5 Å². The minimum Gasteiger partial charge on any atom is -0.338 e. The molecule has 2 atom stereocenters. The Morgan fingerprint density at radius 3 is 2.89 bits per heavy atom. The highest BCUT2D eigenvalue weighted by molar-refractivity contribution is 6.33. The first kappa shape index (κ1) is 14.3. The van der Waals surface area contributed by atoms with Crippen LogP contribution in [0.25, 0.3) is 0 Å². The highest BCUT2D eigenvalue weighted by Gasteiger charge is 2.33. The lowest BCUT2D eigenvalue weighted by molar-refractivity contribution is 0.0695. The van der Waals surface area contributed by atoms with Crippen molar-refractivity contribution in [2.45, 2.75) is 25.3 Å². The largest absolute Gasteiger partial charge is 0.338 e. The molecule has 0 radical (unpaired) electrons. The van der Waals surface area contributed by atoms with Gasteiger partial charge in [-0.3, -0.25) is 4.79 Å². The van der Waals surface area contributed by atoms with E-state index in [0.717, 1.165) is 19.3 Å². The van der Waals surface area contributed by atoms with Crippen molar-refractivity contribution in [1.29, 1.82) is 0 Å². The second-order valence-electron chi connectivity index (χ2n) is 5.01. The average Bonchev–Trinajstić information content (AvgIpc) is 2.85. The Bertz CT molecular complexity index is 460. The normalized spacial score (nSPS) is 22.5. The summed E-state index contributed by atoms with van der Waals surface area (Å²) in [6.07, 6.45) is 2.98. The standard InChI is InChI=1S/C14H18ClFN2O/c1-18(12-7-2-4-9(12)8-17)14(19)13-10(15)5-3-6-11(13)16/h3,5-6,9,12H,2,4,7-8,17H2,1H3. The maximum Gasteiger partial charge on any atom is 0.258 e. The lowest BCUT2D eigenvalue weighted by Gasteiger charge is -2.29. The van der Waals surface area contributed by atoms with Crippen LogP contribution >= 0.6 is 11.6 Å². The highest BCUT2D eigenvalue weighted by atomic mass is 35.5. The molecule has 104 valence electrons. The van der Waals surface area contributed by atoms with E-state index in [2.05, 4.69) is 0 Å². The zero-order valence-electron chi connectivity index (χ0n) is 10.9. The van der Waals surface area contributed by atoms with E-state index in [1.165, 1.54) is 18.2 Å². The molecular formula is C14H18ClFN2O. The molecule has 2 N–H and O–H groups in total. The summed E-state index contributed by atoms with van der Waals surface area (Å²) in [6, 6.07) is 4.35. The van der Waals surface area contributed by atoms with Gasteiger partial charge in [-0.25, -0.2) is 4.39 Å². The van der Waals surface area contributed by atoms with Crippen molar-refractivity contribution < 1.29 is 9.18 Å². The number of benzene rings is 1. The van der Waals surface area contributed by atoms with Gasteiger partial charge in [0.2, 0.25) is 0 Å². The number of carbonyl (C=O) groups is 1. The third-order valence-electron chi connectivity index (χ3n) is 3.92. The third kappa shape index (κ3) is 2.74. The van der Waals surface area contributed by atoms with E-state index in [1.807, 2.05) is 0 Å². The summed E-state index contributed by atoms with van der Waals surface area (Å²) in [5, 5.41) is 0.152. The molecule has 2 unspecified atom stereocenters. The van der Waals surface area contributed by atoms with E-state index in [0.29, 0.717) is 12.5 Å². The fraction of sp³-hybridized carbons (Fsp3) is 0.500. The van der Waals surface area contributed by atoms with E-state index < -0.39 is 5.82 Å². The minimum atomic E-state index is -0.577. The van der Waals surface area contributed by atoms with Crippen LogP contribution < -0.4 is 5.73 Å². The zero-order chi connectivity index (χ0) is 14.0. The van der Waals surface area contributed by atoms with Gasteiger partial charge in [0.05, 0.1) is 10.6 Å². The molecule has 0 heterocycles. The van der Waals surface area contributed by atoms with Crippen LogP contribution in [0.5, 0.6) is 0 Å². The van der Waals surface area contributed by atoms with Crippen molar-refractivity contribution in [1.82, 2.24) is 4.90 Å². The summed E-state index contributed by atoms with van der Waals surface area (Å²) in [5.74, 6) is -0.653. The van der Waals surface area contributed by atoms with Crippen LogP contribution in [0, 0.1) is 11.7 Å². The predicted octanol–water partition coefficient (Wildman–Crippen LogP) is 2.68. The Kier molecular flexibility index (Phi) is 4.42. The predicted molar refractivity (Wildman–Crippen MR) is 73.7 cm³/mol. The number of hydrogen-bond donors (Lipinski definition) is 1. The summed E-state index contributed by atoms with van der Waals surface area (Å²) in [5.41, 5.74) is 5.68. The molecule has 1 aliphatic carbocycles. The Morgan fingerprint density at radius 1 is 1.53 bits per heavy atom. The van der Waals surface area contributed by atoms with Crippen molar-refractivity contribution in [3.05, 3.63) is 34.6 Å². The van der Waals surface area contributed by atoms with E-state index in [1.54, 1.807) is 11.9 Å². The lowest BCUT2D eigenvalue weighted by atomic mass is 10.0. The highest BCUT2D eigenvalue weighted by Crippen LogP contribution is 2.30. The van der Waals surface area contributed by atoms with Crippen molar-refractivity contribution in [2.75, 3.05) is 13.6 Å². The molecule has 0 aliphatic heterocycles. The summed E-state index contributed by atoms with van der Waals surface area (Å²) >= 11 is 5.93. The molecule has 0 bridgehead atoms. The molecule has 1 aliphatic rings. The van der Waals surface area contributed by atoms with Gasteiger partial charge < -0.3 is 10.6 Å². The van der Waals surface area contributed by atoms with Gasteiger partial charge in [-0.05, 0) is 37.4 Å². The molecule has 1 fully saturated rings. The monoisotopic (exact) mass is 284 g/mol. The van der Waals surface area contributed by atoms with Crippen LogP contribution in [0.2, 0.25) is 5.02 Å². The summed E-state index contributed by atoms with van der Waals surface area (Å²) in [7, 11) is 1.70. The zero-order valence-corrected chi connectivity index (χ0v) is 11.7. The summed E-state index contributed by atoms with van der Waals surface area (Å²) in [6.45, 7) is 0.549. The molecular weight excluding hydrogens is 267 g/mol. The fourth-order valence-corrected chi connectivity index (χ4v) is 3.08. The van der Waals surface area contributed by atoms with Gasteiger partial charge in [0, 0.05) is 13.1 Å².